The molecule has 0 aromatic heterocycles. The van der Waals surface area contributed by atoms with Crippen LogP contribution < -0.4 is 0 Å². The topological polar surface area (TPSA) is 76.1 Å². The summed E-state index contributed by atoms with van der Waals surface area (Å²) in [6.07, 6.45) is 1.11. The summed E-state index contributed by atoms with van der Waals surface area (Å²) < 4.78 is 10.3. The predicted octanol–water partition coefficient (Wildman–Crippen LogP) is 0.0521. The molecule has 0 radical (unpaired) electrons. The first-order valence-electron chi connectivity index (χ1n) is 4.34. The van der Waals surface area contributed by atoms with Gasteiger partial charge in [-0.05, 0) is 6.92 Å². The van der Waals surface area contributed by atoms with Crippen LogP contribution >= 0.6 is 0 Å². The Bertz CT molecular complexity index is 251. The number of carboxylic acid groups (broad SMARTS) is 1. The van der Waals surface area contributed by atoms with Crippen molar-refractivity contribution in [2.24, 2.45) is 0 Å². The zero-order valence-electron chi connectivity index (χ0n) is 8.97. The summed E-state index contributed by atoms with van der Waals surface area (Å²) >= 11 is 0. The summed E-state index contributed by atoms with van der Waals surface area (Å²) in [4.78, 5) is 21.0. The number of hydrogen-bond donors (Lipinski definition) is 1. The normalized spacial score (nSPS) is 19.1. The maximum Gasteiger partial charge on any atom is 0.290 e. The summed E-state index contributed by atoms with van der Waals surface area (Å²) in [7, 11) is 3.23. The molecule has 1 unspecified atom stereocenters. The van der Waals surface area contributed by atoms with Gasteiger partial charge in [-0.3, -0.25) is 9.59 Å². The van der Waals surface area contributed by atoms with Gasteiger partial charge in [0.1, 0.15) is 0 Å². The highest BCUT2D eigenvalue weighted by Gasteiger charge is 2.30. The van der Waals surface area contributed by atoms with Crippen LogP contribution in [0.15, 0.2) is 11.8 Å². The lowest BCUT2D eigenvalue weighted by Gasteiger charge is -2.20. The molecule has 1 atom stereocenters. The molecule has 6 nitrogen and oxygen atoms in total. The van der Waals surface area contributed by atoms with Crippen molar-refractivity contribution in [1.29, 1.82) is 0 Å². The molecule has 0 bridgehead atoms. The highest BCUT2D eigenvalue weighted by atomic mass is 16.5. The number of carbonyl (C=O) groups is 2. The third-order valence-electron chi connectivity index (χ3n) is 1.74. The van der Waals surface area contributed by atoms with Gasteiger partial charge < -0.3 is 19.5 Å². The minimum atomic E-state index is -0.350. The van der Waals surface area contributed by atoms with Gasteiger partial charge in [0.15, 0.2) is 12.0 Å². The van der Waals surface area contributed by atoms with Crippen LogP contribution in [0.4, 0.5) is 0 Å². The predicted molar refractivity (Wildman–Crippen MR) is 52.0 cm³/mol. The number of likely N-dealkylation sites (N-methyl/N-ethyl adjacent to an activating group) is 1. The lowest BCUT2D eigenvalue weighted by molar-refractivity contribution is -0.131. The largest absolute Gasteiger partial charge is 0.493 e. The molecule has 0 spiro atoms. The number of rotatable bonds is 3. The Morgan fingerprint density at radius 1 is 1.67 bits per heavy atom. The quantitative estimate of drug-likeness (QED) is 0.676. The third-order valence-corrected chi connectivity index (χ3v) is 1.74. The molecule has 86 valence electrons. The average molecular weight is 217 g/mol. The average Bonchev–Trinajstić information content (AvgIpc) is 2.44. The molecule has 1 rings (SSSR count). The SMILES string of the molecule is CCOC1=CC(=O)N(C)C1OC.O=CO. The monoisotopic (exact) mass is 217 g/mol. The highest BCUT2D eigenvalue weighted by Crippen LogP contribution is 2.18. The first-order chi connectivity index (χ1) is 7.12. The molecule has 1 N–H and O–H groups in total. The number of amides is 1. The van der Waals surface area contributed by atoms with E-state index in [1.807, 2.05) is 6.92 Å². The molecule has 6 heteroatoms. The first kappa shape index (κ1) is 13.4. The van der Waals surface area contributed by atoms with Crippen LogP contribution in [0.2, 0.25) is 0 Å². The Labute approximate surface area is 88.1 Å². The molecular formula is C9H15NO5. The summed E-state index contributed by atoms with van der Waals surface area (Å²) in [6, 6.07) is 0. The molecule has 0 aromatic rings. The number of nitrogens with zero attached hydrogens (tertiary/aromatic N) is 1. The second kappa shape index (κ2) is 6.83. The van der Waals surface area contributed by atoms with Crippen molar-refractivity contribution < 1.29 is 24.2 Å². The highest BCUT2D eigenvalue weighted by molar-refractivity contribution is 5.90. The molecule has 0 saturated carbocycles. The van der Waals surface area contributed by atoms with Crippen LogP contribution in [0.1, 0.15) is 6.92 Å². The van der Waals surface area contributed by atoms with E-state index in [1.54, 1.807) is 14.2 Å². The molecule has 0 aromatic carbocycles. The Morgan fingerprint density at radius 2 is 2.20 bits per heavy atom. The van der Waals surface area contributed by atoms with Gasteiger partial charge in [0.2, 0.25) is 0 Å². The van der Waals surface area contributed by atoms with E-state index in [0.717, 1.165) is 0 Å². The molecule has 1 amide bonds. The van der Waals surface area contributed by atoms with Gasteiger partial charge in [-0.25, -0.2) is 0 Å². The van der Waals surface area contributed by atoms with Gasteiger partial charge in [-0.1, -0.05) is 0 Å². The lowest BCUT2D eigenvalue weighted by atomic mass is 10.4. The van der Waals surface area contributed by atoms with E-state index in [1.165, 1.54) is 11.0 Å². The van der Waals surface area contributed by atoms with E-state index >= 15 is 0 Å². The minimum absolute atomic E-state index is 0.0784. The van der Waals surface area contributed by atoms with Crippen molar-refractivity contribution in [2.45, 2.75) is 13.2 Å². The van der Waals surface area contributed by atoms with Gasteiger partial charge in [-0.15, -0.1) is 0 Å². The first-order valence-corrected chi connectivity index (χ1v) is 4.34. The van der Waals surface area contributed by atoms with Crippen LogP contribution in [-0.4, -0.2) is 49.4 Å². The summed E-state index contributed by atoms with van der Waals surface area (Å²) in [5, 5.41) is 6.89. The maximum atomic E-state index is 11.1. The second-order valence-electron chi connectivity index (χ2n) is 2.62. The zero-order valence-corrected chi connectivity index (χ0v) is 8.97. The van der Waals surface area contributed by atoms with Gasteiger partial charge >= 0.3 is 0 Å². The van der Waals surface area contributed by atoms with Crippen molar-refractivity contribution in [3.8, 4) is 0 Å². The van der Waals surface area contributed by atoms with Crippen molar-refractivity contribution in [2.75, 3.05) is 20.8 Å². The van der Waals surface area contributed by atoms with Crippen molar-refractivity contribution >= 4 is 12.4 Å². The maximum absolute atomic E-state index is 11.1. The van der Waals surface area contributed by atoms with E-state index in [0.29, 0.717) is 12.4 Å². The van der Waals surface area contributed by atoms with Gasteiger partial charge in [0, 0.05) is 20.2 Å². The van der Waals surface area contributed by atoms with E-state index in [4.69, 9.17) is 19.4 Å². The molecule has 1 aliphatic rings. The molecule has 1 heterocycles. The van der Waals surface area contributed by atoms with E-state index in [9.17, 15) is 4.79 Å². The van der Waals surface area contributed by atoms with Gasteiger partial charge in [-0.2, -0.15) is 0 Å². The van der Waals surface area contributed by atoms with Gasteiger partial charge in [0.05, 0.1) is 6.61 Å². The van der Waals surface area contributed by atoms with Crippen LogP contribution in [0.25, 0.3) is 0 Å². The molecule has 0 saturated heterocycles. The number of methoxy groups -OCH3 is 1. The van der Waals surface area contributed by atoms with Crippen LogP contribution in [-0.2, 0) is 19.1 Å². The van der Waals surface area contributed by atoms with Crippen molar-refractivity contribution in [1.82, 2.24) is 4.90 Å². The third kappa shape index (κ3) is 3.59. The molecule has 0 fully saturated rings. The molecule has 15 heavy (non-hydrogen) atoms. The molecule has 0 aliphatic carbocycles. The summed E-state index contributed by atoms with van der Waals surface area (Å²) in [5.41, 5.74) is 0. The number of carbonyl (C=O) groups excluding carboxylic acids is 1. The molecular weight excluding hydrogens is 202 g/mol. The van der Waals surface area contributed by atoms with Crippen LogP contribution in [0.5, 0.6) is 0 Å². The smallest absolute Gasteiger partial charge is 0.290 e. The van der Waals surface area contributed by atoms with E-state index < -0.39 is 0 Å². The van der Waals surface area contributed by atoms with E-state index in [-0.39, 0.29) is 18.6 Å². The van der Waals surface area contributed by atoms with Crippen LogP contribution in [0, 0.1) is 0 Å². The number of ether oxygens (including phenoxy) is 2. The minimum Gasteiger partial charge on any atom is -0.493 e. The fraction of sp³-hybridized carbons (Fsp3) is 0.556. The Morgan fingerprint density at radius 3 is 2.60 bits per heavy atom. The number of hydrogen-bond acceptors (Lipinski definition) is 4. The second-order valence-corrected chi connectivity index (χ2v) is 2.62. The fourth-order valence-electron chi connectivity index (χ4n) is 1.16. The summed E-state index contributed by atoms with van der Waals surface area (Å²) in [5.74, 6) is 0.512. The Hall–Kier alpha value is -1.56. The standard InChI is InChI=1S/C8H13NO3.CH2O2/c1-4-12-6-5-7(10)9(2)8(6)11-3;2-1-3/h5,8H,4H2,1-3H3;1H,(H,2,3). The Balaban J connectivity index is 0.000000583. The van der Waals surface area contributed by atoms with E-state index in [2.05, 4.69) is 0 Å². The zero-order chi connectivity index (χ0) is 11.8. The van der Waals surface area contributed by atoms with Crippen molar-refractivity contribution in [3.05, 3.63) is 11.8 Å². The van der Waals surface area contributed by atoms with Crippen LogP contribution in [0.3, 0.4) is 0 Å². The Kier molecular flexibility index (Phi) is 6.12. The van der Waals surface area contributed by atoms with Gasteiger partial charge in [0.25, 0.3) is 12.4 Å². The molecule has 1 aliphatic heterocycles. The van der Waals surface area contributed by atoms with Crippen molar-refractivity contribution in [3.63, 3.8) is 0 Å². The summed E-state index contributed by atoms with van der Waals surface area (Å²) in [6.45, 7) is 2.17. The fourth-order valence-corrected chi connectivity index (χ4v) is 1.16. The lowest BCUT2D eigenvalue weighted by Crippen LogP contribution is -2.33.